The first kappa shape index (κ1) is 17.1. The summed E-state index contributed by atoms with van der Waals surface area (Å²) >= 11 is 0. The average Bonchev–Trinajstić information content (AvgIpc) is 2.71. The Bertz CT molecular complexity index is 1060. The highest BCUT2D eigenvalue weighted by atomic mass is 16.5. The van der Waals surface area contributed by atoms with Crippen LogP contribution in [0.5, 0.6) is 11.5 Å². The molecule has 1 aromatic heterocycles. The number of pyridine rings is 1. The van der Waals surface area contributed by atoms with E-state index in [1.807, 2.05) is 24.3 Å². The minimum absolute atomic E-state index is 0.102. The Morgan fingerprint density at radius 2 is 2.15 bits per heavy atom. The van der Waals surface area contributed by atoms with Gasteiger partial charge in [0.2, 0.25) is 5.43 Å². The van der Waals surface area contributed by atoms with E-state index in [1.54, 1.807) is 25.3 Å². The fraction of sp³-hybridized carbons (Fsp3) is 0.238. The molecule has 1 aliphatic heterocycles. The van der Waals surface area contributed by atoms with Crippen molar-refractivity contribution in [2.24, 2.45) is 5.92 Å². The number of hydrogen-bond donors (Lipinski definition) is 2. The summed E-state index contributed by atoms with van der Waals surface area (Å²) < 4.78 is 10.9. The number of para-hydroxylation sites is 1. The fourth-order valence-corrected chi connectivity index (χ4v) is 3.35. The van der Waals surface area contributed by atoms with Gasteiger partial charge in [0.05, 0.1) is 19.2 Å². The van der Waals surface area contributed by atoms with E-state index in [2.05, 4.69) is 10.3 Å². The molecule has 3 aromatic rings. The highest BCUT2D eigenvalue weighted by molar-refractivity contribution is 5.97. The van der Waals surface area contributed by atoms with Gasteiger partial charge in [-0.15, -0.1) is 0 Å². The van der Waals surface area contributed by atoms with Crippen molar-refractivity contribution in [1.82, 2.24) is 10.3 Å². The van der Waals surface area contributed by atoms with Crippen LogP contribution in [0.3, 0.4) is 0 Å². The lowest BCUT2D eigenvalue weighted by Crippen LogP contribution is -2.36. The first-order chi connectivity index (χ1) is 13.2. The van der Waals surface area contributed by atoms with E-state index in [1.165, 1.54) is 6.20 Å². The molecule has 0 spiro atoms. The predicted molar refractivity (Wildman–Crippen MR) is 103 cm³/mol. The van der Waals surface area contributed by atoms with Crippen LogP contribution in [0.2, 0.25) is 0 Å². The van der Waals surface area contributed by atoms with E-state index in [4.69, 9.17) is 9.47 Å². The van der Waals surface area contributed by atoms with E-state index < -0.39 is 0 Å². The third-order valence-corrected chi connectivity index (χ3v) is 4.84. The number of fused-ring (bicyclic) bond motifs is 2. The van der Waals surface area contributed by atoms with Crippen LogP contribution in [0.15, 0.2) is 53.5 Å². The van der Waals surface area contributed by atoms with E-state index in [0.29, 0.717) is 29.8 Å². The van der Waals surface area contributed by atoms with E-state index in [-0.39, 0.29) is 22.8 Å². The summed E-state index contributed by atoms with van der Waals surface area (Å²) in [5.74, 6) is 1.34. The molecule has 4 rings (SSSR count). The molecule has 27 heavy (non-hydrogen) atoms. The summed E-state index contributed by atoms with van der Waals surface area (Å²) in [7, 11) is 1.56. The molecule has 0 bridgehead atoms. The molecule has 138 valence electrons. The summed E-state index contributed by atoms with van der Waals surface area (Å²) in [5.41, 5.74) is 1.58. The van der Waals surface area contributed by atoms with Crippen LogP contribution in [-0.4, -0.2) is 31.2 Å². The van der Waals surface area contributed by atoms with Gasteiger partial charge >= 0.3 is 0 Å². The number of aromatic nitrogens is 1. The van der Waals surface area contributed by atoms with Gasteiger partial charge in [0.1, 0.15) is 17.1 Å². The Morgan fingerprint density at radius 1 is 1.30 bits per heavy atom. The van der Waals surface area contributed by atoms with Gasteiger partial charge in [0.25, 0.3) is 5.91 Å². The molecule has 1 amide bonds. The van der Waals surface area contributed by atoms with Crippen molar-refractivity contribution in [3.8, 4) is 11.5 Å². The first-order valence-electron chi connectivity index (χ1n) is 8.84. The second-order valence-electron chi connectivity index (χ2n) is 6.64. The molecule has 2 aromatic carbocycles. The zero-order valence-corrected chi connectivity index (χ0v) is 15.0. The molecule has 0 saturated carbocycles. The van der Waals surface area contributed by atoms with Crippen LogP contribution in [0.25, 0.3) is 10.9 Å². The fourth-order valence-electron chi connectivity index (χ4n) is 3.35. The zero-order valence-electron chi connectivity index (χ0n) is 15.0. The molecule has 1 aliphatic rings. The molecule has 1 atom stereocenters. The van der Waals surface area contributed by atoms with Crippen LogP contribution in [0.4, 0.5) is 0 Å². The summed E-state index contributed by atoms with van der Waals surface area (Å²) in [6.45, 7) is 0.998. The number of carbonyl (C=O) groups excluding carboxylic acids is 1. The van der Waals surface area contributed by atoms with E-state index in [0.717, 1.165) is 17.7 Å². The van der Waals surface area contributed by atoms with Gasteiger partial charge < -0.3 is 19.8 Å². The van der Waals surface area contributed by atoms with Crippen molar-refractivity contribution in [3.05, 3.63) is 70.0 Å². The molecular weight excluding hydrogens is 344 g/mol. The Hall–Kier alpha value is -3.28. The molecule has 6 nitrogen and oxygen atoms in total. The molecule has 0 aliphatic carbocycles. The Labute approximate surface area is 156 Å². The van der Waals surface area contributed by atoms with Crippen molar-refractivity contribution < 1.29 is 14.3 Å². The lowest BCUT2D eigenvalue weighted by molar-refractivity contribution is 0.0938. The SMILES string of the molecule is COc1ccc2c(=O)c(C(=O)NCC3COc4ccccc4C3)c[nH]c2c1. The standard InChI is InChI=1S/C21H20N2O4/c1-26-15-6-7-16-18(9-15)22-11-17(20(16)24)21(25)23-10-13-8-14-4-2-3-5-19(14)27-12-13/h2-7,9,11,13H,8,10,12H2,1H3,(H,22,24)(H,23,25). The minimum atomic E-state index is -0.382. The number of methoxy groups -OCH3 is 1. The highest BCUT2D eigenvalue weighted by Crippen LogP contribution is 2.26. The maximum atomic E-state index is 12.6. The highest BCUT2D eigenvalue weighted by Gasteiger charge is 2.21. The van der Waals surface area contributed by atoms with Crippen LogP contribution >= 0.6 is 0 Å². The average molecular weight is 364 g/mol. The van der Waals surface area contributed by atoms with Crippen molar-refractivity contribution >= 4 is 16.8 Å². The monoisotopic (exact) mass is 364 g/mol. The normalized spacial score (nSPS) is 15.7. The van der Waals surface area contributed by atoms with Crippen molar-refractivity contribution in [3.63, 3.8) is 0 Å². The second kappa shape index (κ2) is 7.15. The third kappa shape index (κ3) is 3.38. The molecule has 6 heteroatoms. The van der Waals surface area contributed by atoms with Crippen molar-refractivity contribution in [2.45, 2.75) is 6.42 Å². The number of amides is 1. The predicted octanol–water partition coefficient (Wildman–Crippen LogP) is 2.52. The van der Waals surface area contributed by atoms with E-state index >= 15 is 0 Å². The molecular formula is C21H20N2O4. The van der Waals surface area contributed by atoms with Gasteiger partial charge in [0.15, 0.2) is 0 Å². The Balaban J connectivity index is 1.47. The minimum Gasteiger partial charge on any atom is -0.497 e. The molecule has 2 heterocycles. The number of nitrogens with one attached hydrogen (secondary N) is 2. The summed E-state index contributed by atoms with van der Waals surface area (Å²) in [6, 6.07) is 13.0. The smallest absolute Gasteiger partial charge is 0.256 e. The lowest BCUT2D eigenvalue weighted by Gasteiger charge is -2.25. The number of H-pyrrole nitrogens is 1. The molecule has 2 N–H and O–H groups in total. The Morgan fingerprint density at radius 3 is 3.00 bits per heavy atom. The van der Waals surface area contributed by atoms with Crippen LogP contribution in [0, 0.1) is 5.92 Å². The second-order valence-corrected chi connectivity index (χ2v) is 6.64. The number of carbonyl (C=O) groups is 1. The van der Waals surface area contributed by atoms with Crippen LogP contribution in [-0.2, 0) is 6.42 Å². The maximum absolute atomic E-state index is 12.6. The van der Waals surface area contributed by atoms with Gasteiger partial charge in [-0.25, -0.2) is 0 Å². The topological polar surface area (TPSA) is 80.4 Å². The Kier molecular flexibility index (Phi) is 4.54. The van der Waals surface area contributed by atoms with Gasteiger partial charge in [-0.3, -0.25) is 9.59 Å². The van der Waals surface area contributed by atoms with Gasteiger partial charge in [0, 0.05) is 30.1 Å². The number of rotatable bonds is 4. The number of aromatic amines is 1. The van der Waals surface area contributed by atoms with Crippen LogP contribution < -0.4 is 20.2 Å². The summed E-state index contributed by atoms with van der Waals surface area (Å²) in [6.07, 6.45) is 2.29. The zero-order chi connectivity index (χ0) is 18.8. The molecule has 0 radical (unpaired) electrons. The van der Waals surface area contributed by atoms with Gasteiger partial charge in [-0.1, -0.05) is 18.2 Å². The summed E-state index contributed by atoms with van der Waals surface area (Å²) in [5, 5.41) is 3.32. The maximum Gasteiger partial charge on any atom is 0.256 e. The van der Waals surface area contributed by atoms with Crippen molar-refractivity contribution in [1.29, 1.82) is 0 Å². The number of hydrogen-bond acceptors (Lipinski definition) is 4. The molecule has 0 saturated heterocycles. The quantitative estimate of drug-likeness (QED) is 0.745. The van der Waals surface area contributed by atoms with Gasteiger partial charge in [-0.2, -0.15) is 0 Å². The first-order valence-corrected chi connectivity index (χ1v) is 8.84. The number of benzene rings is 2. The van der Waals surface area contributed by atoms with Crippen molar-refractivity contribution in [2.75, 3.05) is 20.3 Å². The summed E-state index contributed by atoms with van der Waals surface area (Å²) in [4.78, 5) is 28.2. The van der Waals surface area contributed by atoms with Gasteiger partial charge in [-0.05, 0) is 30.2 Å². The third-order valence-electron chi connectivity index (χ3n) is 4.84. The molecule has 0 fully saturated rings. The van der Waals surface area contributed by atoms with E-state index in [9.17, 15) is 9.59 Å². The lowest BCUT2D eigenvalue weighted by atomic mass is 9.96. The molecule has 1 unspecified atom stereocenters. The largest absolute Gasteiger partial charge is 0.497 e. The number of ether oxygens (including phenoxy) is 2. The van der Waals surface area contributed by atoms with Crippen LogP contribution in [0.1, 0.15) is 15.9 Å².